The summed E-state index contributed by atoms with van der Waals surface area (Å²) in [6.45, 7) is 0.317. The fourth-order valence-electron chi connectivity index (χ4n) is 4.24. The number of hydrogen-bond acceptors (Lipinski definition) is 5. The van der Waals surface area contributed by atoms with Crippen LogP contribution in [0.15, 0.2) is 17.3 Å². The number of carbonyl (C=O) groups is 1. The average molecular weight is 556 g/mol. The van der Waals surface area contributed by atoms with Crippen molar-refractivity contribution in [2.24, 2.45) is 5.16 Å². The minimum Gasteiger partial charge on any atom is -0.374 e. The van der Waals surface area contributed by atoms with Gasteiger partial charge in [-0.25, -0.2) is 8.78 Å². The molecule has 190 valence electrons. The van der Waals surface area contributed by atoms with Crippen LogP contribution in [0.4, 0.5) is 22.0 Å². The minimum absolute atomic E-state index is 0.0470. The fraction of sp³-hybridized carbons (Fsp3) is 0.455. The van der Waals surface area contributed by atoms with E-state index in [1.54, 1.807) is 0 Å². The summed E-state index contributed by atoms with van der Waals surface area (Å²) >= 11 is 12.6. The Balaban J connectivity index is 1.62. The molecular formula is C22H20Cl2F5N3O2S. The third kappa shape index (κ3) is 4.87. The molecule has 1 aromatic heterocycles. The maximum Gasteiger partial charge on any atom is 0.435 e. The quantitative estimate of drug-likeness (QED) is 0.255. The Bertz CT molecular complexity index is 1150. The normalized spacial score (nSPS) is 19.5. The van der Waals surface area contributed by atoms with Gasteiger partial charge in [0.25, 0.3) is 11.5 Å². The van der Waals surface area contributed by atoms with Crippen molar-refractivity contribution in [3.63, 3.8) is 0 Å². The van der Waals surface area contributed by atoms with Gasteiger partial charge in [0.05, 0.1) is 26.2 Å². The van der Waals surface area contributed by atoms with Gasteiger partial charge in [-0.05, 0) is 42.5 Å². The van der Waals surface area contributed by atoms with Crippen LogP contribution in [0.5, 0.6) is 0 Å². The van der Waals surface area contributed by atoms with Gasteiger partial charge in [0.15, 0.2) is 5.82 Å². The van der Waals surface area contributed by atoms with Gasteiger partial charge in [-0.1, -0.05) is 28.4 Å². The number of thiophene rings is 1. The Hall–Kier alpha value is -1.95. The van der Waals surface area contributed by atoms with E-state index in [-0.39, 0.29) is 24.7 Å². The zero-order valence-corrected chi connectivity index (χ0v) is 20.5. The van der Waals surface area contributed by atoms with E-state index in [2.05, 4.69) is 15.8 Å². The van der Waals surface area contributed by atoms with Crippen LogP contribution < -0.4 is 10.6 Å². The Labute approximate surface area is 211 Å². The molecule has 4 rings (SSSR count). The first-order valence-electron chi connectivity index (χ1n) is 10.8. The first kappa shape index (κ1) is 26.1. The lowest BCUT2D eigenvalue weighted by atomic mass is 9.87. The van der Waals surface area contributed by atoms with Crippen LogP contribution >= 0.6 is 34.5 Å². The van der Waals surface area contributed by atoms with Crippen molar-refractivity contribution in [2.75, 3.05) is 26.3 Å². The largest absolute Gasteiger partial charge is 0.435 e. The molecule has 1 aliphatic carbocycles. The predicted molar refractivity (Wildman–Crippen MR) is 124 cm³/mol. The highest BCUT2D eigenvalue weighted by atomic mass is 35.5. The molecule has 0 radical (unpaired) electrons. The Morgan fingerprint density at radius 1 is 1.14 bits per heavy atom. The second kappa shape index (κ2) is 10.2. The molecule has 2 aliphatic rings. The molecular weight excluding hydrogens is 536 g/mol. The average Bonchev–Trinajstić information content (AvgIpc) is 3.52. The summed E-state index contributed by atoms with van der Waals surface area (Å²) < 4.78 is 69.0. The van der Waals surface area contributed by atoms with E-state index >= 15 is 0 Å². The second-order valence-corrected chi connectivity index (χ2v) is 9.99. The monoisotopic (exact) mass is 555 g/mol. The Morgan fingerprint density at radius 2 is 1.83 bits per heavy atom. The van der Waals surface area contributed by atoms with E-state index in [0.717, 1.165) is 41.0 Å². The first-order chi connectivity index (χ1) is 16.6. The van der Waals surface area contributed by atoms with Crippen molar-refractivity contribution < 1.29 is 31.6 Å². The van der Waals surface area contributed by atoms with Crippen molar-refractivity contribution in [3.05, 3.63) is 54.4 Å². The number of carbonyl (C=O) groups excluding carboxylic acids is 1. The molecule has 0 fully saturated rings. The minimum atomic E-state index is -4.92. The maximum atomic E-state index is 14.3. The van der Waals surface area contributed by atoms with E-state index in [0.29, 0.717) is 29.1 Å². The highest BCUT2D eigenvalue weighted by Gasteiger charge is 2.63. The molecule has 1 aromatic carbocycles. The van der Waals surface area contributed by atoms with Crippen molar-refractivity contribution >= 4 is 46.2 Å². The zero-order chi connectivity index (χ0) is 25.4. The number of benzene rings is 1. The molecule has 1 unspecified atom stereocenters. The van der Waals surface area contributed by atoms with Gasteiger partial charge in [-0.15, -0.1) is 11.3 Å². The molecule has 5 nitrogen and oxygen atoms in total. The number of rotatable bonds is 8. The van der Waals surface area contributed by atoms with E-state index in [1.807, 2.05) is 0 Å². The standard InChI is InChI=1S/C22H20Cl2F5N3O2S/c23-14-8-11(9-15(24)17(14)26)21(22(27,28)29)10-16(32-34-21)18-12-2-1-3-13(12)19(35-18)20(33)31-7-6-30-5-4-25/h8-9,30H,1-7,10H2,(H,31,33). The lowest BCUT2D eigenvalue weighted by Gasteiger charge is -2.29. The van der Waals surface area contributed by atoms with Crippen LogP contribution in [0.2, 0.25) is 10.0 Å². The molecule has 0 bridgehead atoms. The SMILES string of the molecule is O=C(NCCNCCF)c1sc(C2=NOC(c3cc(Cl)c(F)c(Cl)c3)(C(F)(F)F)C2)c2c1CCC2. The third-order valence-electron chi connectivity index (χ3n) is 5.93. The van der Waals surface area contributed by atoms with Gasteiger partial charge < -0.3 is 15.5 Å². The molecule has 2 heterocycles. The van der Waals surface area contributed by atoms with Gasteiger partial charge in [0, 0.05) is 25.2 Å². The third-order valence-corrected chi connectivity index (χ3v) is 7.81. The highest BCUT2D eigenvalue weighted by Crippen LogP contribution is 2.51. The van der Waals surface area contributed by atoms with Gasteiger partial charge in [0.2, 0.25) is 0 Å². The molecule has 0 spiro atoms. The molecule has 1 atom stereocenters. The van der Waals surface area contributed by atoms with Crippen molar-refractivity contribution in [1.29, 1.82) is 0 Å². The number of nitrogens with one attached hydrogen (secondary N) is 2. The molecule has 13 heteroatoms. The van der Waals surface area contributed by atoms with Crippen molar-refractivity contribution in [1.82, 2.24) is 10.6 Å². The molecule has 1 aliphatic heterocycles. The van der Waals surface area contributed by atoms with Crippen LogP contribution in [0, 0.1) is 5.82 Å². The summed E-state index contributed by atoms with van der Waals surface area (Å²) in [6, 6.07) is 1.67. The first-order valence-corrected chi connectivity index (χ1v) is 12.3. The van der Waals surface area contributed by atoms with Crippen molar-refractivity contribution in [2.45, 2.75) is 37.5 Å². The zero-order valence-electron chi connectivity index (χ0n) is 18.1. The highest BCUT2D eigenvalue weighted by molar-refractivity contribution is 7.16. The summed E-state index contributed by atoms with van der Waals surface area (Å²) in [5.74, 6) is -1.37. The smallest absolute Gasteiger partial charge is 0.374 e. The van der Waals surface area contributed by atoms with E-state index in [1.165, 1.54) is 0 Å². The summed E-state index contributed by atoms with van der Waals surface area (Å²) in [6.07, 6.45) is -3.63. The van der Waals surface area contributed by atoms with E-state index < -0.39 is 46.3 Å². The van der Waals surface area contributed by atoms with Crippen LogP contribution in [-0.2, 0) is 23.3 Å². The summed E-state index contributed by atoms with van der Waals surface area (Å²) in [5.41, 5.74) is -1.74. The lowest BCUT2D eigenvalue weighted by molar-refractivity contribution is -0.275. The predicted octanol–water partition coefficient (Wildman–Crippen LogP) is 5.55. The van der Waals surface area contributed by atoms with Gasteiger partial charge >= 0.3 is 6.18 Å². The Kier molecular flexibility index (Phi) is 7.61. The second-order valence-electron chi connectivity index (χ2n) is 8.15. The number of hydrogen-bond donors (Lipinski definition) is 2. The van der Waals surface area contributed by atoms with Crippen LogP contribution in [-0.4, -0.2) is 44.1 Å². The number of halogens is 7. The number of fused-ring (bicyclic) bond motifs is 1. The van der Waals surface area contributed by atoms with E-state index in [4.69, 9.17) is 28.0 Å². The summed E-state index contributed by atoms with van der Waals surface area (Å²) in [5, 5.41) is 8.22. The fourth-order valence-corrected chi connectivity index (χ4v) is 6.02. The topological polar surface area (TPSA) is 62.7 Å². The molecule has 1 amide bonds. The maximum absolute atomic E-state index is 14.3. The van der Waals surface area contributed by atoms with Crippen LogP contribution in [0.1, 0.15) is 44.1 Å². The molecule has 35 heavy (non-hydrogen) atoms. The number of amides is 1. The molecule has 0 saturated carbocycles. The van der Waals surface area contributed by atoms with Crippen molar-refractivity contribution in [3.8, 4) is 0 Å². The lowest BCUT2D eigenvalue weighted by Crippen LogP contribution is -2.42. The summed E-state index contributed by atoms with van der Waals surface area (Å²) in [4.78, 5) is 18.7. The molecule has 2 N–H and O–H groups in total. The number of oxime groups is 1. The molecule has 0 saturated heterocycles. The van der Waals surface area contributed by atoms with Gasteiger partial charge in [-0.2, -0.15) is 13.2 Å². The van der Waals surface area contributed by atoms with E-state index in [9.17, 15) is 26.7 Å². The molecule has 2 aromatic rings. The summed E-state index contributed by atoms with van der Waals surface area (Å²) in [7, 11) is 0. The Morgan fingerprint density at radius 3 is 2.49 bits per heavy atom. The van der Waals surface area contributed by atoms with Gasteiger partial charge in [0.1, 0.15) is 12.4 Å². The number of alkyl halides is 4. The van der Waals surface area contributed by atoms with Crippen LogP contribution in [0.25, 0.3) is 0 Å². The number of nitrogens with zero attached hydrogens (tertiary/aromatic N) is 1. The van der Waals surface area contributed by atoms with Gasteiger partial charge in [-0.3, -0.25) is 4.79 Å². The van der Waals surface area contributed by atoms with Crippen LogP contribution in [0.3, 0.4) is 0 Å².